The number of methoxy groups -OCH3 is 1. The van der Waals surface area contributed by atoms with E-state index in [9.17, 15) is 4.79 Å². The summed E-state index contributed by atoms with van der Waals surface area (Å²) in [6, 6.07) is 4.50. The maximum atomic E-state index is 11.0. The van der Waals surface area contributed by atoms with E-state index in [0.29, 0.717) is 6.54 Å². The Morgan fingerprint density at radius 2 is 1.74 bits per heavy atom. The van der Waals surface area contributed by atoms with E-state index in [0.717, 1.165) is 6.42 Å². The molecule has 0 atom stereocenters. The van der Waals surface area contributed by atoms with Crippen molar-refractivity contribution in [2.45, 2.75) is 46.5 Å². The van der Waals surface area contributed by atoms with Gasteiger partial charge in [-0.1, -0.05) is 32.9 Å². The topological polar surface area (TPSA) is 38.3 Å². The summed E-state index contributed by atoms with van der Waals surface area (Å²) in [7, 11) is 1.38. The number of rotatable bonds is 3. The van der Waals surface area contributed by atoms with Crippen LogP contribution in [0.3, 0.4) is 0 Å². The Morgan fingerprint density at radius 3 is 2.16 bits per heavy atom. The van der Waals surface area contributed by atoms with Crippen molar-refractivity contribution in [3.63, 3.8) is 0 Å². The first-order valence-corrected chi connectivity index (χ1v) is 6.68. The lowest BCUT2D eigenvalue weighted by Crippen LogP contribution is -2.25. The van der Waals surface area contributed by atoms with Gasteiger partial charge in [-0.15, -0.1) is 0 Å². The zero-order chi connectivity index (χ0) is 14.6. The average Bonchev–Trinajstić information content (AvgIpc) is 2.30. The molecule has 0 aliphatic carbocycles. The number of carbonyl (C=O) groups is 1. The lowest BCUT2D eigenvalue weighted by molar-refractivity contribution is 0.171. The van der Waals surface area contributed by atoms with Crippen LogP contribution in [0.1, 0.15) is 43.0 Å². The highest BCUT2D eigenvalue weighted by Crippen LogP contribution is 2.26. The third kappa shape index (κ3) is 4.27. The van der Waals surface area contributed by atoms with Gasteiger partial charge in [-0.05, 0) is 47.9 Å². The van der Waals surface area contributed by atoms with Gasteiger partial charge in [0, 0.05) is 6.54 Å². The maximum absolute atomic E-state index is 11.0. The standard InChI is InChI=1S/C16H25NO2/c1-11-9-13(16(3,4)5)10-12(2)14(11)7-8-17-15(18)19-6/h9-10H,7-8H2,1-6H3,(H,17,18). The molecule has 1 rings (SSSR count). The van der Waals surface area contributed by atoms with Gasteiger partial charge >= 0.3 is 6.09 Å². The first kappa shape index (κ1) is 15.5. The lowest BCUT2D eigenvalue weighted by atomic mass is 9.83. The SMILES string of the molecule is COC(=O)NCCc1c(C)cc(C(C)(C)C)cc1C. The monoisotopic (exact) mass is 263 g/mol. The van der Waals surface area contributed by atoms with Crippen molar-refractivity contribution >= 4 is 6.09 Å². The highest BCUT2D eigenvalue weighted by molar-refractivity contribution is 5.66. The molecule has 0 heterocycles. The van der Waals surface area contributed by atoms with Gasteiger partial charge in [-0.3, -0.25) is 0 Å². The third-order valence-corrected chi connectivity index (χ3v) is 3.39. The van der Waals surface area contributed by atoms with Gasteiger partial charge in [0.1, 0.15) is 0 Å². The molecule has 1 N–H and O–H groups in total. The van der Waals surface area contributed by atoms with Gasteiger partial charge < -0.3 is 10.1 Å². The molecule has 1 aromatic rings. The van der Waals surface area contributed by atoms with E-state index in [2.05, 4.69) is 56.8 Å². The number of hydrogen-bond donors (Lipinski definition) is 1. The van der Waals surface area contributed by atoms with Crippen LogP contribution in [0.15, 0.2) is 12.1 Å². The molecule has 1 aromatic carbocycles. The summed E-state index contributed by atoms with van der Waals surface area (Å²) in [6.45, 7) is 11.5. The molecule has 0 saturated carbocycles. The van der Waals surface area contributed by atoms with Crippen molar-refractivity contribution in [2.24, 2.45) is 0 Å². The van der Waals surface area contributed by atoms with E-state index in [1.165, 1.54) is 29.4 Å². The summed E-state index contributed by atoms with van der Waals surface area (Å²) in [6.07, 6.45) is 0.457. The zero-order valence-corrected chi connectivity index (χ0v) is 12.9. The fourth-order valence-corrected chi connectivity index (χ4v) is 2.18. The van der Waals surface area contributed by atoms with Gasteiger partial charge in [0.25, 0.3) is 0 Å². The molecule has 3 nitrogen and oxygen atoms in total. The minimum atomic E-state index is -0.374. The number of ether oxygens (including phenoxy) is 1. The average molecular weight is 263 g/mol. The van der Waals surface area contributed by atoms with Crippen molar-refractivity contribution in [3.05, 3.63) is 34.4 Å². The summed E-state index contributed by atoms with van der Waals surface area (Å²) >= 11 is 0. The van der Waals surface area contributed by atoms with Crippen LogP contribution in [0.2, 0.25) is 0 Å². The summed E-state index contributed by atoms with van der Waals surface area (Å²) in [5.41, 5.74) is 5.41. The molecule has 0 saturated heterocycles. The second kappa shape index (κ2) is 6.09. The van der Waals surface area contributed by atoms with E-state index in [4.69, 9.17) is 0 Å². The minimum absolute atomic E-state index is 0.165. The number of carbonyl (C=O) groups excluding carboxylic acids is 1. The van der Waals surface area contributed by atoms with Crippen LogP contribution < -0.4 is 5.32 Å². The number of aryl methyl sites for hydroxylation is 2. The highest BCUT2D eigenvalue weighted by atomic mass is 16.5. The first-order valence-electron chi connectivity index (χ1n) is 6.68. The molecule has 0 aromatic heterocycles. The number of benzene rings is 1. The number of amides is 1. The summed E-state index contributed by atoms with van der Waals surface area (Å²) in [4.78, 5) is 11.0. The van der Waals surface area contributed by atoms with Crippen LogP contribution in [0, 0.1) is 13.8 Å². The van der Waals surface area contributed by atoms with E-state index >= 15 is 0 Å². The normalized spacial score (nSPS) is 11.3. The molecular formula is C16H25NO2. The van der Waals surface area contributed by atoms with Crippen LogP contribution in [-0.4, -0.2) is 19.7 Å². The first-order chi connectivity index (χ1) is 8.75. The summed E-state index contributed by atoms with van der Waals surface area (Å²) < 4.78 is 4.56. The van der Waals surface area contributed by atoms with Crippen LogP contribution in [0.5, 0.6) is 0 Å². The molecule has 0 unspecified atom stereocenters. The molecule has 0 aliphatic rings. The third-order valence-electron chi connectivity index (χ3n) is 3.39. The van der Waals surface area contributed by atoms with Crippen LogP contribution >= 0.6 is 0 Å². The molecule has 0 spiro atoms. The van der Waals surface area contributed by atoms with E-state index in [1.807, 2.05) is 0 Å². The lowest BCUT2D eigenvalue weighted by Gasteiger charge is -2.22. The molecule has 0 bridgehead atoms. The Labute approximate surface area is 116 Å². The van der Waals surface area contributed by atoms with Gasteiger partial charge in [0.2, 0.25) is 0 Å². The second-order valence-corrected chi connectivity index (χ2v) is 6.01. The van der Waals surface area contributed by atoms with E-state index < -0.39 is 0 Å². The van der Waals surface area contributed by atoms with Gasteiger partial charge in [-0.2, -0.15) is 0 Å². The Balaban J connectivity index is 2.83. The molecule has 0 fully saturated rings. The Kier molecular flexibility index (Phi) is 4.98. The zero-order valence-electron chi connectivity index (χ0n) is 12.9. The van der Waals surface area contributed by atoms with Crippen molar-refractivity contribution in [1.82, 2.24) is 5.32 Å². The summed E-state index contributed by atoms with van der Waals surface area (Å²) in [5.74, 6) is 0. The van der Waals surface area contributed by atoms with Crippen molar-refractivity contribution in [2.75, 3.05) is 13.7 Å². The highest BCUT2D eigenvalue weighted by Gasteiger charge is 2.16. The minimum Gasteiger partial charge on any atom is -0.453 e. The fourth-order valence-electron chi connectivity index (χ4n) is 2.18. The molecule has 1 amide bonds. The maximum Gasteiger partial charge on any atom is 0.406 e. The number of nitrogens with one attached hydrogen (secondary N) is 1. The Morgan fingerprint density at radius 1 is 1.21 bits per heavy atom. The Hall–Kier alpha value is -1.51. The quantitative estimate of drug-likeness (QED) is 0.906. The van der Waals surface area contributed by atoms with Crippen LogP contribution in [0.4, 0.5) is 4.79 Å². The van der Waals surface area contributed by atoms with Crippen LogP contribution in [0.25, 0.3) is 0 Å². The molecule has 0 radical (unpaired) electrons. The van der Waals surface area contributed by atoms with Gasteiger partial charge in [-0.25, -0.2) is 4.79 Å². The second-order valence-electron chi connectivity index (χ2n) is 6.01. The van der Waals surface area contributed by atoms with E-state index in [1.54, 1.807) is 0 Å². The van der Waals surface area contributed by atoms with Crippen LogP contribution in [-0.2, 0) is 16.6 Å². The fraction of sp³-hybridized carbons (Fsp3) is 0.562. The van der Waals surface area contributed by atoms with E-state index in [-0.39, 0.29) is 11.5 Å². The predicted octanol–water partition coefficient (Wildman–Crippen LogP) is 3.50. The Bertz CT molecular complexity index is 435. The molecular weight excluding hydrogens is 238 g/mol. The van der Waals surface area contributed by atoms with Crippen molar-refractivity contribution in [3.8, 4) is 0 Å². The molecule has 106 valence electrons. The molecule has 3 heteroatoms. The molecule has 19 heavy (non-hydrogen) atoms. The molecule has 0 aliphatic heterocycles. The van der Waals surface area contributed by atoms with Crippen molar-refractivity contribution in [1.29, 1.82) is 0 Å². The van der Waals surface area contributed by atoms with Crippen molar-refractivity contribution < 1.29 is 9.53 Å². The number of alkyl carbamates (subject to hydrolysis) is 1. The largest absolute Gasteiger partial charge is 0.453 e. The smallest absolute Gasteiger partial charge is 0.406 e. The predicted molar refractivity (Wildman–Crippen MR) is 78.7 cm³/mol. The number of hydrogen-bond acceptors (Lipinski definition) is 2. The van der Waals surface area contributed by atoms with Gasteiger partial charge in [0.05, 0.1) is 7.11 Å². The van der Waals surface area contributed by atoms with Gasteiger partial charge in [0.15, 0.2) is 0 Å². The summed E-state index contributed by atoms with van der Waals surface area (Å²) in [5, 5.41) is 2.72.